The fourth-order valence-corrected chi connectivity index (χ4v) is 2.16. The Hall–Kier alpha value is -3.43. The molecule has 144 valence electrons. The molecule has 0 aliphatic heterocycles. The Labute approximate surface area is 155 Å². The molecular weight excluding hydrogens is 354 g/mol. The van der Waals surface area contributed by atoms with E-state index in [1.54, 1.807) is 40.8 Å². The van der Waals surface area contributed by atoms with Gasteiger partial charge in [-0.3, -0.25) is 9.48 Å². The highest BCUT2D eigenvalue weighted by Crippen LogP contribution is 2.21. The molecule has 3 amide bonds. The molecule has 2 rings (SSSR count). The molecule has 0 saturated heterocycles. The van der Waals surface area contributed by atoms with Crippen LogP contribution in [0.3, 0.4) is 0 Å². The van der Waals surface area contributed by atoms with Gasteiger partial charge >= 0.3 is 12.2 Å². The van der Waals surface area contributed by atoms with Crippen molar-refractivity contribution in [1.82, 2.24) is 14.8 Å². The molecule has 2 aromatic rings. The number of rotatable bonds is 3. The maximum absolute atomic E-state index is 12.3. The van der Waals surface area contributed by atoms with Crippen LogP contribution in [0.2, 0.25) is 0 Å². The lowest BCUT2D eigenvalue weighted by atomic mass is 10.2. The summed E-state index contributed by atoms with van der Waals surface area (Å²) in [5.41, 5.74) is 0.188. The van der Waals surface area contributed by atoms with E-state index in [1.807, 2.05) is 0 Å². The first-order valence-electron chi connectivity index (χ1n) is 8.02. The summed E-state index contributed by atoms with van der Waals surface area (Å²) >= 11 is 0. The first-order chi connectivity index (χ1) is 12.5. The van der Waals surface area contributed by atoms with Crippen LogP contribution < -0.4 is 10.2 Å². The number of hydrogen-bond acceptors (Lipinski definition) is 6. The van der Waals surface area contributed by atoms with E-state index in [4.69, 9.17) is 4.74 Å². The molecule has 10 nitrogen and oxygen atoms in total. The fraction of sp³-hybridized carbons (Fsp3) is 0.353. The summed E-state index contributed by atoms with van der Waals surface area (Å²) in [5.74, 6) is -0.525. The van der Waals surface area contributed by atoms with Crippen LogP contribution in [0, 0.1) is 6.92 Å². The average Bonchev–Trinajstić information content (AvgIpc) is 2.94. The van der Waals surface area contributed by atoms with Gasteiger partial charge in [0.05, 0.1) is 11.4 Å². The number of nitrogens with zero attached hydrogens (tertiary/aromatic N) is 4. The lowest BCUT2D eigenvalue weighted by molar-refractivity contribution is 0.0580. The van der Waals surface area contributed by atoms with Gasteiger partial charge < -0.3 is 15.2 Å². The van der Waals surface area contributed by atoms with Gasteiger partial charge in [0.25, 0.3) is 5.91 Å². The minimum Gasteiger partial charge on any atom is -0.464 e. The Balaban J connectivity index is 2.26. The topological polar surface area (TPSA) is 127 Å². The molecule has 0 aliphatic carbocycles. The van der Waals surface area contributed by atoms with Crippen molar-refractivity contribution in [2.75, 3.05) is 10.2 Å². The predicted molar refractivity (Wildman–Crippen MR) is 96.9 cm³/mol. The zero-order chi connectivity index (χ0) is 20.4. The van der Waals surface area contributed by atoms with Gasteiger partial charge in [0, 0.05) is 13.2 Å². The SMILES string of the molecule is Cc1nc(N(C(=O)O)C(=O)OC(C)(C)C)ccc1NC(=O)c1ccnn1C. The van der Waals surface area contributed by atoms with Crippen molar-refractivity contribution >= 4 is 29.6 Å². The summed E-state index contributed by atoms with van der Waals surface area (Å²) < 4.78 is 6.52. The molecule has 0 atom stereocenters. The number of aromatic nitrogens is 3. The highest BCUT2D eigenvalue weighted by Gasteiger charge is 2.30. The summed E-state index contributed by atoms with van der Waals surface area (Å²) in [7, 11) is 1.63. The molecule has 0 aromatic carbocycles. The summed E-state index contributed by atoms with van der Waals surface area (Å²) in [6, 6.07) is 4.33. The monoisotopic (exact) mass is 375 g/mol. The normalized spacial score (nSPS) is 11.0. The highest BCUT2D eigenvalue weighted by atomic mass is 16.6. The van der Waals surface area contributed by atoms with Crippen molar-refractivity contribution in [3.8, 4) is 0 Å². The van der Waals surface area contributed by atoms with E-state index in [9.17, 15) is 19.5 Å². The van der Waals surface area contributed by atoms with Gasteiger partial charge in [-0.25, -0.2) is 14.6 Å². The Morgan fingerprint density at radius 2 is 1.89 bits per heavy atom. The quantitative estimate of drug-likeness (QED) is 0.844. The number of carboxylic acid groups (broad SMARTS) is 1. The van der Waals surface area contributed by atoms with Gasteiger partial charge in [0.1, 0.15) is 17.1 Å². The molecule has 0 unspecified atom stereocenters. The molecule has 0 aliphatic rings. The zero-order valence-electron chi connectivity index (χ0n) is 15.7. The smallest absolute Gasteiger partial charge is 0.425 e. The van der Waals surface area contributed by atoms with Gasteiger partial charge in [0.2, 0.25) is 0 Å². The second-order valence-corrected chi connectivity index (χ2v) is 6.69. The van der Waals surface area contributed by atoms with E-state index in [0.29, 0.717) is 22.0 Å². The van der Waals surface area contributed by atoms with E-state index < -0.39 is 23.7 Å². The van der Waals surface area contributed by atoms with Crippen molar-refractivity contribution in [2.45, 2.75) is 33.3 Å². The predicted octanol–water partition coefficient (Wildman–Crippen LogP) is 2.80. The molecule has 0 radical (unpaired) electrons. The number of carbonyl (C=O) groups excluding carboxylic acids is 2. The van der Waals surface area contributed by atoms with Crippen LogP contribution in [0.5, 0.6) is 0 Å². The highest BCUT2D eigenvalue weighted by molar-refractivity contribution is 6.08. The molecule has 0 spiro atoms. The van der Waals surface area contributed by atoms with E-state index >= 15 is 0 Å². The number of aryl methyl sites for hydroxylation is 2. The number of carbonyl (C=O) groups is 3. The second kappa shape index (κ2) is 7.44. The summed E-state index contributed by atoms with van der Waals surface area (Å²) in [5, 5.41) is 16.0. The molecule has 2 heterocycles. The standard InChI is InChI=1S/C17H21N5O5/c1-10-11(20-14(23)12-8-9-18-21(12)5)6-7-13(19-10)22(15(24)25)16(26)27-17(2,3)4/h6-9H,1-5H3,(H,20,23)(H,24,25). The van der Waals surface area contributed by atoms with Gasteiger partial charge in [-0.1, -0.05) is 0 Å². The third-order valence-corrected chi connectivity index (χ3v) is 3.37. The lowest BCUT2D eigenvalue weighted by Gasteiger charge is -2.24. The van der Waals surface area contributed by atoms with Crippen LogP contribution in [0.15, 0.2) is 24.4 Å². The average molecular weight is 375 g/mol. The molecule has 0 fully saturated rings. The van der Waals surface area contributed by atoms with Crippen LogP contribution in [0.25, 0.3) is 0 Å². The molecule has 0 bridgehead atoms. The van der Waals surface area contributed by atoms with E-state index in [2.05, 4.69) is 15.4 Å². The second-order valence-electron chi connectivity index (χ2n) is 6.69. The van der Waals surface area contributed by atoms with Crippen LogP contribution in [0.4, 0.5) is 21.1 Å². The van der Waals surface area contributed by atoms with Crippen molar-refractivity contribution in [2.24, 2.45) is 7.05 Å². The molecule has 27 heavy (non-hydrogen) atoms. The van der Waals surface area contributed by atoms with Crippen molar-refractivity contribution in [3.63, 3.8) is 0 Å². The number of nitrogens with one attached hydrogen (secondary N) is 1. The third-order valence-electron chi connectivity index (χ3n) is 3.37. The number of pyridine rings is 1. The Bertz CT molecular complexity index is 884. The fourth-order valence-electron chi connectivity index (χ4n) is 2.16. The largest absolute Gasteiger partial charge is 0.464 e. The number of hydrogen-bond donors (Lipinski definition) is 2. The molecular formula is C17H21N5O5. The Morgan fingerprint density at radius 1 is 1.22 bits per heavy atom. The lowest BCUT2D eigenvalue weighted by Crippen LogP contribution is -2.40. The molecule has 10 heteroatoms. The van der Waals surface area contributed by atoms with Crippen LogP contribution in [-0.4, -0.2) is 43.6 Å². The molecule has 2 N–H and O–H groups in total. The van der Waals surface area contributed by atoms with Crippen molar-refractivity contribution in [3.05, 3.63) is 35.8 Å². The number of amides is 3. The number of anilines is 2. The summed E-state index contributed by atoms with van der Waals surface area (Å²) in [6.07, 6.45) is -1.09. The van der Waals surface area contributed by atoms with Crippen LogP contribution >= 0.6 is 0 Å². The van der Waals surface area contributed by atoms with Crippen LogP contribution in [-0.2, 0) is 11.8 Å². The minimum atomic E-state index is -1.53. The van der Waals surface area contributed by atoms with Gasteiger partial charge in [-0.2, -0.15) is 10.00 Å². The Kier molecular flexibility index (Phi) is 5.48. The Morgan fingerprint density at radius 3 is 2.37 bits per heavy atom. The maximum atomic E-state index is 12.3. The van der Waals surface area contributed by atoms with Gasteiger partial charge in [-0.05, 0) is 45.9 Å². The van der Waals surface area contributed by atoms with Crippen molar-refractivity contribution < 1.29 is 24.2 Å². The number of ether oxygens (including phenoxy) is 1. The van der Waals surface area contributed by atoms with Gasteiger partial charge in [-0.15, -0.1) is 0 Å². The zero-order valence-corrected chi connectivity index (χ0v) is 15.7. The van der Waals surface area contributed by atoms with Crippen molar-refractivity contribution in [1.29, 1.82) is 0 Å². The first kappa shape index (κ1) is 19.9. The molecule has 2 aromatic heterocycles. The van der Waals surface area contributed by atoms with E-state index in [1.165, 1.54) is 23.0 Å². The van der Waals surface area contributed by atoms with Crippen LogP contribution in [0.1, 0.15) is 37.0 Å². The van der Waals surface area contributed by atoms with Gasteiger partial charge in [0.15, 0.2) is 0 Å². The number of imide groups is 1. The molecule has 0 saturated carbocycles. The van der Waals surface area contributed by atoms with E-state index in [0.717, 1.165) is 0 Å². The summed E-state index contributed by atoms with van der Waals surface area (Å²) in [6.45, 7) is 6.46. The first-order valence-corrected chi connectivity index (χ1v) is 8.02. The van der Waals surface area contributed by atoms with E-state index in [-0.39, 0.29) is 5.82 Å². The third kappa shape index (κ3) is 4.81. The summed E-state index contributed by atoms with van der Waals surface area (Å²) in [4.78, 5) is 40.5. The minimum absolute atomic E-state index is 0.132. The maximum Gasteiger partial charge on any atom is 0.425 e.